The molecule has 0 radical (unpaired) electrons. The lowest BCUT2D eigenvalue weighted by atomic mass is 9.89. The Morgan fingerprint density at radius 3 is 2.96 bits per heavy atom. The predicted molar refractivity (Wildman–Crippen MR) is 111 cm³/mol. The van der Waals surface area contributed by atoms with Crippen molar-refractivity contribution in [2.24, 2.45) is 0 Å². The summed E-state index contributed by atoms with van der Waals surface area (Å²) in [4.78, 5) is 5.32. The van der Waals surface area contributed by atoms with Gasteiger partial charge in [0, 0.05) is 31.5 Å². The molecule has 2 aromatic carbocycles. The summed E-state index contributed by atoms with van der Waals surface area (Å²) in [6.07, 6.45) is 4.66. The first kappa shape index (κ1) is 16.7. The number of benzene rings is 2. The van der Waals surface area contributed by atoms with E-state index in [0.29, 0.717) is 12.0 Å². The zero-order valence-electron chi connectivity index (χ0n) is 16.4. The van der Waals surface area contributed by atoms with E-state index < -0.39 is 0 Å². The van der Waals surface area contributed by atoms with Crippen molar-refractivity contribution in [3.63, 3.8) is 0 Å². The Hall–Kier alpha value is -2.20. The number of nitrogens with zero attached hydrogens (tertiary/aromatic N) is 2. The number of hydrogen-bond donors (Lipinski definition) is 0. The minimum Gasteiger partial charge on any atom is -0.493 e. The fraction of sp³-hybridized carbons (Fsp3) is 0.500. The molecule has 0 N–H and O–H groups in total. The van der Waals surface area contributed by atoms with Crippen LogP contribution in [-0.4, -0.2) is 50.3 Å². The molecule has 2 unspecified atom stereocenters. The lowest BCUT2D eigenvalue weighted by molar-refractivity contribution is 0.188. The van der Waals surface area contributed by atoms with E-state index in [2.05, 4.69) is 46.2 Å². The second-order valence-electron chi connectivity index (χ2n) is 8.61. The lowest BCUT2D eigenvalue weighted by Crippen LogP contribution is -2.48. The van der Waals surface area contributed by atoms with Crippen LogP contribution in [0.25, 0.3) is 0 Å². The highest BCUT2D eigenvalue weighted by Gasteiger charge is 2.44. The Balaban J connectivity index is 1.13. The average molecular weight is 377 g/mol. The van der Waals surface area contributed by atoms with Crippen molar-refractivity contribution in [2.45, 2.75) is 37.6 Å². The van der Waals surface area contributed by atoms with E-state index in [-0.39, 0.29) is 0 Å². The van der Waals surface area contributed by atoms with Gasteiger partial charge in [-0.05, 0) is 48.6 Å². The molecule has 28 heavy (non-hydrogen) atoms. The lowest BCUT2D eigenvalue weighted by Gasteiger charge is -2.40. The van der Waals surface area contributed by atoms with Crippen LogP contribution in [0.3, 0.4) is 0 Å². The number of para-hydroxylation sites is 2. The summed E-state index contributed by atoms with van der Waals surface area (Å²) < 4.78 is 11.8. The van der Waals surface area contributed by atoms with Gasteiger partial charge in [0.25, 0.3) is 0 Å². The number of ether oxygens (including phenoxy) is 2. The van der Waals surface area contributed by atoms with E-state index in [0.717, 1.165) is 38.3 Å². The van der Waals surface area contributed by atoms with E-state index in [9.17, 15) is 0 Å². The zero-order valence-corrected chi connectivity index (χ0v) is 16.4. The normalized spacial score (nSPS) is 24.9. The molecule has 0 amide bonds. The SMILES string of the molecule is c1cc(CCCN2CCC3C(C2)c2cccc4c2N3CCO4)c2c(c1)CCO2. The van der Waals surface area contributed by atoms with Gasteiger partial charge in [-0.2, -0.15) is 0 Å². The third kappa shape index (κ3) is 2.61. The van der Waals surface area contributed by atoms with Gasteiger partial charge in [0.05, 0.1) is 18.8 Å². The molecular weight excluding hydrogens is 348 g/mol. The van der Waals surface area contributed by atoms with Crippen molar-refractivity contribution >= 4 is 5.69 Å². The maximum Gasteiger partial charge on any atom is 0.142 e. The number of fused-ring (bicyclic) bond motifs is 4. The molecular formula is C24H28N2O2. The first-order chi connectivity index (χ1) is 13.9. The van der Waals surface area contributed by atoms with Gasteiger partial charge in [0.2, 0.25) is 0 Å². The molecule has 4 heteroatoms. The zero-order chi connectivity index (χ0) is 18.5. The average Bonchev–Trinajstić information content (AvgIpc) is 3.34. The molecule has 4 aliphatic heterocycles. The molecule has 146 valence electrons. The molecule has 2 aromatic rings. The van der Waals surface area contributed by atoms with Gasteiger partial charge in [0.1, 0.15) is 18.1 Å². The summed E-state index contributed by atoms with van der Waals surface area (Å²) in [5.41, 5.74) is 5.70. The Morgan fingerprint density at radius 1 is 1.00 bits per heavy atom. The van der Waals surface area contributed by atoms with Crippen LogP contribution in [0.15, 0.2) is 36.4 Å². The van der Waals surface area contributed by atoms with E-state index in [4.69, 9.17) is 9.47 Å². The highest BCUT2D eigenvalue weighted by molar-refractivity contribution is 5.71. The number of piperidine rings is 1. The van der Waals surface area contributed by atoms with Gasteiger partial charge in [-0.1, -0.05) is 30.3 Å². The fourth-order valence-corrected chi connectivity index (χ4v) is 5.82. The third-order valence-corrected chi connectivity index (χ3v) is 7.08. The van der Waals surface area contributed by atoms with Crippen LogP contribution in [-0.2, 0) is 12.8 Å². The van der Waals surface area contributed by atoms with Gasteiger partial charge < -0.3 is 19.3 Å². The van der Waals surface area contributed by atoms with Gasteiger partial charge >= 0.3 is 0 Å². The number of aryl methyl sites for hydroxylation is 1. The Kier molecular flexibility index (Phi) is 4.00. The highest BCUT2D eigenvalue weighted by Crippen LogP contribution is 2.50. The third-order valence-electron chi connectivity index (χ3n) is 7.08. The maximum absolute atomic E-state index is 5.93. The van der Waals surface area contributed by atoms with Crippen LogP contribution < -0.4 is 14.4 Å². The molecule has 2 atom stereocenters. The largest absolute Gasteiger partial charge is 0.493 e. The van der Waals surface area contributed by atoms with Crippen LogP contribution in [0, 0.1) is 0 Å². The molecule has 0 aliphatic carbocycles. The van der Waals surface area contributed by atoms with Crippen molar-refractivity contribution in [1.29, 1.82) is 0 Å². The van der Waals surface area contributed by atoms with E-state index in [1.807, 2.05) is 0 Å². The van der Waals surface area contributed by atoms with Crippen LogP contribution in [0.5, 0.6) is 11.5 Å². The second kappa shape index (κ2) is 6.70. The number of rotatable bonds is 4. The predicted octanol–water partition coefficient (Wildman–Crippen LogP) is 3.62. The van der Waals surface area contributed by atoms with E-state index >= 15 is 0 Å². The standard InChI is InChI=1S/C24H28N2O2/c1-4-17(24-18(5-1)10-14-28-24)6-3-11-25-12-9-21-20(16-25)19-7-2-8-22-23(19)26(21)13-15-27-22/h1-2,4-5,7-8,20-21H,3,6,9-16H2. The van der Waals surface area contributed by atoms with E-state index in [1.165, 1.54) is 60.6 Å². The summed E-state index contributed by atoms with van der Waals surface area (Å²) in [5.74, 6) is 2.91. The molecule has 0 spiro atoms. The minimum absolute atomic E-state index is 0.634. The molecule has 1 saturated heterocycles. The Bertz CT molecular complexity index is 896. The number of likely N-dealkylation sites (tertiary alicyclic amines) is 1. The topological polar surface area (TPSA) is 24.9 Å². The fourth-order valence-electron chi connectivity index (χ4n) is 5.82. The Labute approximate surface area is 167 Å². The van der Waals surface area contributed by atoms with Crippen molar-refractivity contribution in [3.8, 4) is 11.5 Å². The van der Waals surface area contributed by atoms with Gasteiger partial charge in [-0.15, -0.1) is 0 Å². The number of hydrogen-bond acceptors (Lipinski definition) is 4. The second-order valence-corrected chi connectivity index (χ2v) is 8.61. The first-order valence-corrected chi connectivity index (χ1v) is 10.9. The molecule has 0 aromatic heterocycles. The van der Waals surface area contributed by atoms with Gasteiger partial charge in [-0.3, -0.25) is 0 Å². The molecule has 4 aliphatic rings. The van der Waals surface area contributed by atoms with Crippen molar-refractivity contribution < 1.29 is 9.47 Å². The van der Waals surface area contributed by atoms with Crippen LogP contribution in [0.2, 0.25) is 0 Å². The number of anilines is 1. The molecule has 1 fully saturated rings. The summed E-state index contributed by atoms with van der Waals surface area (Å²) >= 11 is 0. The molecule has 0 bridgehead atoms. The molecule has 0 saturated carbocycles. The monoisotopic (exact) mass is 376 g/mol. The maximum atomic E-state index is 5.93. The summed E-state index contributed by atoms with van der Waals surface area (Å²) in [6, 6.07) is 14.0. The van der Waals surface area contributed by atoms with Crippen LogP contribution >= 0.6 is 0 Å². The van der Waals surface area contributed by atoms with Gasteiger partial charge in [0.15, 0.2) is 0 Å². The summed E-state index contributed by atoms with van der Waals surface area (Å²) in [6.45, 7) is 6.30. The van der Waals surface area contributed by atoms with Gasteiger partial charge in [-0.25, -0.2) is 0 Å². The first-order valence-electron chi connectivity index (χ1n) is 10.9. The summed E-state index contributed by atoms with van der Waals surface area (Å²) in [5, 5.41) is 0. The quantitative estimate of drug-likeness (QED) is 0.814. The minimum atomic E-state index is 0.634. The van der Waals surface area contributed by atoms with Crippen molar-refractivity contribution in [3.05, 3.63) is 53.1 Å². The Morgan fingerprint density at radius 2 is 1.96 bits per heavy atom. The molecule has 4 nitrogen and oxygen atoms in total. The smallest absolute Gasteiger partial charge is 0.142 e. The highest BCUT2D eigenvalue weighted by atomic mass is 16.5. The molecule has 4 heterocycles. The van der Waals surface area contributed by atoms with Crippen LogP contribution in [0.1, 0.15) is 35.4 Å². The summed E-state index contributed by atoms with van der Waals surface area (Å²) in [7, 11) is 0. The van der Waals surface area contributed by atoms with E-state index in [1.54, 1.807) is 0 Å². The van der Waals surface area contributed by atoms with Crippen LogP contribution in [0.4, 0.5) is 5.69 Å². The van der Waals surface area contributed by atoms with Crippen molar-refractivity contribution in [2.75, 3.05) is 44.3 Å². The molecule has 6 rings (SSSR count). The van der Waals surface area contributed by atoms with Crippen molar-refractivity contribution in [1.82, 2.24) is 4.90 Å².